The van der Waals surface area contributed by atoms with E-state index in [0.717, 1.165) is 28.5 Å². The second-order valence-corrected chi connectivity index (χ2v) is 13.9. The normalized spacial score (nSPS) is 12.4. The molecule has 1 atom stereocenters. The van der Waals surface area contributed by atoms with Gasteiger partial charge >= 0.3 is 17.9 Å². The average molecular weight is 710 g/mol. The van der Waals surface area contributed by atoms with E-state index >= 15 is 0 Å². The van der Waals surface area contributed by atoms with Gasteiger partial charge in [-0.2, -0.15) is 0 Å². The van der Waals surface area contributed by atoms with Crippen LogP contribution in [0, 0.1) is 0 Å². The van der Waals surface area contributed by atoms with Gasteiger partial charge in [0, 0.05) is 17.2 Å². The number of anilines is 1. The molecule has 1 heterocycles. The molecule has 4 aromatic carbocycles. The zero-order valence-corrected chi connectivity index (χ0v) is 29.4. The van der Waals surface area contributed by atoms with Gasteiger partial charge in [-0.05, 0) is 61.7 Å². The fourth-order valence-electron chi connectivity index (χ4n) is 5.02. The Balaban J connectivity index is 1.48. The molecule has 12 heteroatoms. The predicted octanol–water partition coefficient (Wildman–Crippen LogP) is 7.74. The quantitative estimate of drug-likeness (QED) is 0.0238. The highest BCUT2D eigenvalue weighted by molar-refractivity contribution is 8.00. The van der Waals surface area contributed by atoms with Crippen molar-refractivity contribution in [2.75, 3.05) is 5.32 Å². The highest BCUT2D eigenvalue weighted by Crippen LogP contribution is 2.40. The summed E-state index contributed by atoms with van der Waals surface area (Å²) in [5.41, 5.74) is -0.741. The van der Waals surface area contributed by atoms with Crippen molar-refractivity contribution in [1.82, 2.24) is 4.98 Å². The second-order valence-electron chi connectivity index (χ2n) is 11.9. The van der Waals surface area contributed by atoms with Crippen molar-refractivity contribution in [1.29, 1.82) is 0 Å². The molecule has 0 fully saturated rings. The van der Waals surface area contributed by atoms with E-state index in [0.29, 0.717) is 15.8 Å². The summed E-state index contributed by atoms with van der Waals surface area (Å²) < 4.78 is 10.6. The number of thioether (sulfide) groups is 1. The number of aliphatic carboxylic acids is 1. The van der Waals surface area contributed by atoms with Crippen LogP contribution in [0.15, 0.2) is 131 Å². The molecule has 10 nitrogen and oxygen atoms in total. The molecule has 0 saturated carbocycles. The van der Waals surface area contributed by atoms with Crippen LogP contribution in [-0.4, -0.2) is 44.7 Å². The number of oxime groups is 1. The van der Waals surface area contributed by atoms with Crippen molar-refractivity contribution < 1.29 is 33.8 Å². The van der Waals surface area contributed by atoms with Crippen LogP contribution in [-0.2, 0) is 29.5 Å². The largest absolute Gasteiger partial charge is 0.476 e. The number of benzene rings is 4. The molecule has 50 heavy (non-hydrogen) atoms. The van der Waals surface area contributed by atoms with Crippen LogP contribution in [0.2, 0.25) is 0 Å². The van der Waals surface area contributed by atoms with Crippen LogP contribution in [0.1, 0.15) is 50.1 Å². The SMILES string of the molecule is CC(=O)Oc1ccc(SC(O/N=C(\C(=O)O)c2csc(NC(c3ccccc3)(c3ccccc3)c3ccccc3)n2)C(=O)OC(C)(C)C)cc1. The molecule has 1 unspecified atom stereocenters. The molecule has 256 valence electrons. The van der Waals surface area contributed by atoms with Gasteiger partial charge in [0.15, 0.2) is 5.13 Å². The van der Waals surface area contributed by atoms with Gasteiger partial charge in [-0.25, -0.2) is 14.6 Å². The van der Waals surface area contributed by atoms with Gasteiger partial charge in [-0.3, -0.25) is 4.79 Å². The summed E-state index contributed by atoms with van der Waals surface area (Å²) >= 11 is 2.16. The number of thiazole rings is 1. The first-order chi connectivity index (χ1) is 23.9. The van der Waals surface area contributed by atoms with Crippen LogP contribution in [0.5, 0.6) is 5.75 Å². The molecule has 1 aromatic heterocycles. The number of aromatic nitrogens is 1. The smallest absolute Gasteiger partial charge is 0.361 e. The number of nitrogens with zero attached hydrogens (tertiary/aromatic N) is 2. The zero-order chi connectivity index (χ0) is 35.7. The minimum atomic E-state index is -1.40. The van der Waals surface area contributed by atoms with Gasteiger partial charge in [0.1, 0.15) is 22.6 Å². The van der Waals surface area contributed by atoms with Crippen molar-refractivity contribution in [3.8, 4) is 5.75 Å². The number of ether oxygens (including phenoxy) is 2. The van der Waals surface area contributed by atoms with Crippen LogP contribution < -0.4 is 10.1 Å². The number of carboxylic acids is 1. The number of hydrogen-bond donors (Lipinski definition) is 2. The molecule has 0 aliphatic heterocycles. The van der Waals surface area contributed by atoms with Gasteiger partial charge in [0.25, 0.3) is 5.44 Å². The minimum absolute atomic E-state index is 0.0340. The van der Waals surface area contributed by atoms with Gasteiger partial charge < -0.3 is 24.7 Å². The Morgan fingerprint density at radius 3 is 1.80 bits per heavy atom. The van der Waals surface area contributed by atoms with Crippen LogP contribution in [0.3, 0.4) is 0 Å². The van der Waals surface area contributed by atoms with E-state index in [2.05, 4.69) is 15.5 Å². The van der Waals surface area contributed by atoms with Crippen LogP contribution in [0.4, 0.5) is 5.13 Å². The van der Waals surface area contributed by atoms with Crippen LogP contribution in [0.25, 0.3) is 0 Å². The molecule has 5 aromatic rings. The Bertz CT molecular complexity index is 1850. The van der Waals surface area contributed by atoms with Crippen molar-refractivity contribution >= 4 is 51.8 Å². The highest BCUT2D eigenvalue weighted by Gasteiger charge is 2.37. The first kappa shape index (κ1) is 35.8. The number of carbonyl (C=O) groups excluding carboxylic acids is 2. The molecule has 0 saturated heterocycles. The lowest BCUT2D eigenvalue weighted by Gasteiger charge is -2.36. The molecular formula is C38H35N3O7S2. The maximum Gasteiger partial charge on any atom is 0.361 e. The number of esters is 2. The monoisotopic (exact) mass is 709 g/mol. The van der Waals surface area contributed by atoms with Crippen molar-refractivity contribution in [3.05, 3.63) is 143 Å². The number of carboxylic acid groups (broad SMARTS) is 1. The summed E-state index contributed by atoms with van der Waals surface area (Å²) in [7, 11) is 0. The summed E-state index contributed by atoms with van der Waals surface area (Å²) in [5, 5.41) is 19.7. The molecule has 0 aliphatic carbocycles. The van der Waals surface area contributed by atoms with Gasteiger partial charge in [-0.15, -0.1) is 11.3 Å². The summed E-state index contributed by atoms with van der Waals surface area (Å²) in [6.07, 6.45) is 0. The highest BCUT2D eigenvalue weighted by atomic mass is 32.2. The lowest BCUT2D eigenvalue weighted by Crippen LogP contribution is -2.38. The summed E-state index contributed by atoms with van der Waals surface area (Å²) in [4.78, 5) is 47.8. The first-order valence-corrected chi connectivity index (χ1v) is 17.3. The van der Waals surface area contributed by atoms with Crippen molar-refractivity contribution in [3.63, 3.8) is 0 Å². The maximum atomic E-state index is 13.2. The third kappa shape index (κ3) is 8.95. The maximum absolute atomic E-state index is 13.2. The van der Waals surface area contributed by atoms with E-state index in [4.69, 9.17) is 14.3 Å². The first-order valence-electron chi connectivity index (χ1n) is 15.5. The standard InChI is InChI=1S/C38H35N3O7S2/c1-25(42)46-29-20-22-30(23-21-29)50-35(34(45)47-37(2,3)4)48-41-32(33(43)44)31-24-49-36(39-31)40-38(26-14-8-5-9-15-26,27-16-10-6-11-17-27)28-18-12-7-13-19-28/h5-24,35H,1-4H3,(H,39,40)(H,43,44)/b41-32-. The number of rotatable bonds is 13. The van der Waals surface area contributed by atoms with Crippen LogP contribution >= 0.6 is 23.1 Å². The zero-order valence-electron chi connectivity index (χ0n) is 27.7. The molecule has 2 N–H and O–H groups in total. The Hall–Kier alpha value is -5.46. The summed E-state index contributed by atoms with van der Waals surface area (Å²) in [6, 6.07) is 36.2. The predicted molar refractivity (Wildman–Crippen MR) is 193 cm³/mol. The van der Waals surface area contributed by atoms with E-state index in [-0.39, 0.29) is 5.69 Å². The minimum Gasteiger partial charge on any atom is -0.476 e. The molecule has 0 amide bonds. The van der Waals surface area contributed by atoms with Gasteiger partial charge in [0.05, 0.1) is 0 Å². The third-order valence-corrected chi connectivity index (χ3v) is 8.83. The van der Waals surface area contributed by atoms with Crippen molar-refractivity contribution in [2.24, 2.45) is 5.16 Å². The molecule has 0 bridgehead atoms. The molecule has 5 rings (SSSR count). The summed E-state index contributed by atoms with van der Waals surface area (Å²) in [5.74, 6) is -2.31. The third-order valence-electron chi connectivity index (χ3n) is 7.03. The number of carbonyl (C=O) groups is 3. The second kappa shape index (κ2) is 15.8. The van der Waals surface area contributed by atoms with E-state index in [1.165, 1.54) is 18.3 Å². The van der Waals surface area contributed by atoms with Gasteiger partial charge in [0.2, 0.25) is 5.71 Å². The molecule has 0 aliphatic rings. The molecule has 0 spiro atoms. The topological polar surface area (TPSA) is 136 Å². The Morgan fingerprint density at radius 2 is 1.34 bits per heavy atom. The average Bonchev–Trinajstić information content (AvgIpc) is 3.55. The Morgan fingerprint density at radius 1 is 0.820 bits per heavy atom. The fourth-order valence-corrected chi connectivity index (χ4v) is 6.54. The fraction of sp³-hybridized carbons (Fsp3) is 0.184. The molecular weight excluding hydrogens is 675 g/mol. The van der Waals surface area contributed by atoms with E-state index < -0.39 is 40.2 Å². The number of nitrogens with one attached hydrogen (secondary N) is 1. The molecule has 0 radical (unpaired) electrons. The Kier molecular flexibility index (Phi) is 11.3. The van der Waals surface area contributed by atoms with E-state index in [1.54, 1.807) is 50.4 Å². The van der Waals surface area contributed by atoms with Gasteiger partial charge in [-0.1, -0.05) is 108 Å². The lowest BCUT2D eigenvalue weighted by molar-refractivity contribution is -0.162. The number of hydrogen-bond acceptors (Lipinski definition) is 11. The Labute approximate surface area is 298 Å². The van der Waals surface area contributed by atoms with E-state index in [9.17, 15) is 19.5 Å². The summed E-state index contributed by atoms with van der Waals surface area (Å²) in [6.45, 7) is 6.41. The van der Waals surface area contributed by atoms with E-state index in [1.807, 2.05) is 91.0 Å². The van der Waals surface area contributed by atoms with Crippen molar-refractivity contribution in [2.45, 2.75) is 49.2 Å². The lowest BCUT2D eigenvalue weighted by atomic mass is 9.77.